The van der Waals surface area contributed by atoms with Crippen molar-refractivity contribution in [3.05, 3.63) is 35.9 Å². The number of nitrogens with zero attached hydrogens (tertiary/aromatic N) is 1. The van der Waals surface area contributed by atoms with Gasteiger partial charge in [-0.05, 0) is 24.8 Å². The molecule has 1 aliphatic carbocycles. The fraction of sp³-hybridized carbons (Fsp3) is 0.611. The van der Waals surface area contributed by atoms with Crippen LogP contribution in [0, 0.1) is 0 Å². The van der Waals surface area contributed by atoms with Crippen molar-refractivity contribution in [1.29, 1.82) is 0 Å². The molecule has 0 atom stereocenters. The average molecular weight is 431 g/mol. The lowest BCUT2D eigenvalue weighted by atomic mass is 9.96. The number of hydrogen-bond donors (Lipinski definition) is 2. The Morgan fingerprint density at radius 1 is 1.17 bits per heavy atom. The minimum Gasteiger partial charge on any atom is -0.380 e. The zero-order valence-corrected chi connectivity index (χ0v) is 16.6. The number of benzene rings is 1. The van der Waals surface area contributed by atoms with Gasteiger partial charge in [0.15, 0.2) is 5.96 Å². The third-order valence-electron chi connectivity index (χ3n) is 4.24. The Hall–Kier alpha value is -0.820. The molecule has 1 saturated carbocycles. The van der Waals surface area contributed by atoms with Crippen molar-refractivity contribution in [3.63, 3.8) is 0 Å². The largest absolute Gasteiger partial charge is 0.380 e. The molecule has 5 heteroatoms. The van der Waals surface area contributed by atoms with Crippen LogP contribution < -0.4 is 10.6 Å². The summed E-state index contributed by atoms with van der Waals surface area (Å²) in [6.45, 7) is 5.48. The Morgan fingerprint density at radius 2 is 1.91 bits per heavy atom. The summed E-state index contributed by atoms with van der Waals surface area (Å²) in [6, 6.07) is 10.8. The van der Waals surface area contributed by atoms with Gasteiger partial charge in [-0.2, -0.15) is 0 Å². The second-order valence-electron chi connectivity index (χ2n) is 5.96. The summed E-state index contributed by atoms with van der Waals surface area (Å²) in [7, 11) is 1.81. The molecule has 1 aromatic rings. The normalized spacial score (nSPS) is 15.7. The molecule has 0 aliphatic heterocycles. The van der Waals surface area contributed by atoms with E-state index in [9.17, 15) is 0 Å². The molecule has 1 fully saturated rings. The first-order valence-electron chi connectivity index (χ1n) is 8.38. The molecule has 0 saturated heterocycles. The van der Waals surface area contributed by atoms with E-state index in [0.717, 1.165) is 38.7 Å². The van der Waals surface area contributed by atoms with Crippen molar-refractivity contribution in [3.8, 4) is 0 Å². The van der Waals surface area contributed by atoms with Crippen molar-refractivity contribution in [2.24, 2.45) is 4.99 Å². The molecule has 0 amide bonds. The van der Waals surface area contributed by atoms with Crippen LogP contribution >= 0.6 is 24.0 Å². The monoisotopic (exact) mass is 431 g/mol. The van der Waals surface area contributed by atoms with Gasteiger partial charge < -0.3 is 15.4 Å². The van der Waals surface area contributed by atoms with Crippen LogP contribution in [0.25, 0.3) is 0 Å². The highest BCUT2D eigenvalue weighted by molar-refractivity contribution is 14.0. The van der Waals surface area contributed by atoms with E-state index in [0.29, 0.717) is 5.41 Å². The molecule has 0 radical (unpaired) electrons. The molecule has 2 N–H and O–H groups in total. The van der Waals surface area contributed by atoms with Crippen molar-refractivity contribution in [1.82, 2.24) is 10.6 Å². The van der Waals surface area contributed by atoms with Gasteiger partial charge in [0.1, 0.15) is 0 Å². The van der Waals surface area contributed by atoms with E-state index in [-0.39, 0.29) is 24.0 Å². The van der Waals surface area contributed by atoms with E-state index in [1.54, 1.807) is 0 Å². The number of halogens is 1. The molecule has 0 bridgehead atoms. The van der Waals surface area contributed by atoms with E-state index in [1.165, 1.54) is 24.8 Å². The highest BCUT2D eigenvalue weighted by Gasteiger charge is 2.43. The standard InChI is InChI=1S/C18H29N3O.HI/c1-3-4-13-22-14-12-20-17(19-2)21-15-18(10-11-18)16-8-6-5-7-9-16;/h5-9H,3-4,10-15H2,1-2H3,(H2,19,20,21);1H. The number of unbranched alkanes of at least 4 members (excludes halogenated alkanes) is 1. The highest BCUT2D eigenvalue weighted by Crippen LogP contribution is 2.47. The average Bonchev–Trinajstić information content (AvgIpc) is 3.35. The lowest BCUT2D eigenvalue weighted by Crippen LogP contribution is -2.42. The molecule has 0 unspecified atom stereocenters. The fourth-order valence-electron chi connectivity index (χ4n) is 2.57. The maximum absolute atomic E-state index is 5.55. The molecule has 0 aromatic heterocycles. The van der Waals surface area contributed by atoms with Gasteiger partial charge in [-0.3, -0.25) is 4.99 Å². The van der Waals surface area contributed by atoms with Gasteiger partial charge in [-0.15, -0.1) is 24.0 Å². The van der Waals surface area contributed by atoms with Gasteiger partial charge >= 0.3 is 0 Å². The minimum atomic E-state index is 0. The Balaban J connectivity index is 0.00000264. The Labute approximate surface area is 157 Å². The van der Waals surface area contributed by atoms with Crippen molar-refractivity contribution >= 4 is 29.9 Å². The number of guanidine groups is 1. The Morgan fingerprint density at radius 3 is 2.52 bits per heavy atom. The zero-order valence-electron chi connectivity index (χ0n) is 14.3. The molecular formula is C18H30IN3O. The van der Waals surface area contributed by atoms with Crippen LogP contribution in [0.15, 0.2) is 35.3 Å². The van der Waals surface area contributed by atoms with Crippen LogP contribution in [0.4, 0.5) is 0 Å². The van der Waals surface area contributed by atoms with E-state index in [1.807, 2.05) is 7.05 Å². The van der Waals surface area contributed by atoms with Gasteiger partial charge in [0.05, 0.1) is 6.61 Å². The summed E-state index contributed by atoms with van der Waals surface area (Å²) in [6.07, 6.45) is 4.81. The summed E-state index contributed by atoms with van der Waals surface area (Å²) in [5.41, 5.74) is 1.73. The Bertz CT molecular complexity index is 461. The highest BCUT2D eigenvalue weighted by atomic mass is 127. The number of ether oxygens (including phenoxy) is 1. The fourth-order valence-corrected chi connectivity index (χ4v) is 2.57. The zero-order chi connectivity index (χ0) is 15.7. The third kappa shape index (κ3) is 6.67. The van der Waals surface area contributed by atoms with Crippen LogP contribution in [0.2, 0.25) is 0 Å². The molecular weight excluding hydrogens is 401 g/mol. The lowest BCUT2D eigenvalue weighted by molar-refractivity contribution is 0.136. The molecule has 1 aliphatic rings. The van der Waals surface area contributed by atoms with Crippen LogP contribution in [-0.2, 0) is 10.2 Å². The summed E-state index contributed by atoms with van der Waals surface area (Å²) in [5, 5.41) is 6.77. The van der Waals surface area contributed by atoms with Gasteiger partial charge in [0, 0.05) is 32.2 Å². The number of hydrogen-bond acceptors (Lipinski definition) is 2. The van der Waals surface area contributed by atoms with E-state index < -0.39 is 0 Å². The van der Waals surface area contributed by atoms with Gasteiger partial charge in [-0.1, -0.05) is 43.7 Å². The van der Waals surface area contributed by atoms with Gasteiger partial charge in [0.2, 0.25) is 0 Å². The topological polar surface area (TPSA) is 45.6 Å². The summed E-state index contributed by atoms with van der Waals surface area (Å²) in [5.74, 6) is 0.862. The SMILES string of the molecule is CCCCOCCNC(=NC)NCC1(c2ccccc2)CC1.I. The molecule has 130 valence electrons. The predicted molar refractivity (Wildman–Crippen MR) is 108 cm³/mol. The molecule has 0 spiro atoms. The molecule has 0 heterocycles. The van der Waals surface area contributed by atoms with Crippen LogP contribution in [0.3, 0.4) is 0 Å². The predicted octanol–water partition coefficient (Wildman–Crippen LogP) is 3.32. The maximum Gasteiger partial charge on any atom is 0.191 e. The van der Waals surface area contributed by atoms with Gasteiger partial charge in [0.25, 0.3) is 0 Å². The van der Waals surface area contributed by atoms with Crippen LogP contribution in [0.1, 0.15) is 38.2 Å². The van der Waals surface area contributed by atoms with Crippen molar-refractivity contribution < 1.29 is 4.74 Å². The van der Waals surface area contributed by atoms with E-state index in [2.05, 4.69) is 52.9 Å². The molecule has 2 rings (SSSR count). The first-order valence-corrected chi connectivity index (χ1v) is 8.38. The first-order chi connectivity index (χ1) is 10.8. The van der Waals surface area contributed by atoms with Crippen LogP contribution in [0.5, 0.6) is 0 Å². The first kappa shape index (κ1) is 20.2. The smallest absolute Gasteiger partial charge is 0.191 e. The number of nitrogens with one attached hydrogen (secondary N) is 2. The molecule has 4 nitrogen and oxygen atoms in total. The number of aliphatic imine (C=N–C) groups is 1. The minimum absolute atomic E-state index is 0. The van der Waals surface area contributed by atoms with Crippen molar-refractivity contribution in [2.45, 2.75) is 38.0 Å². The molecule has 1 aromatic carbocycles. The number of rotatable bonds is 9. The second-order valence-corrected chi connectivity index (χ2v) is 5.96. The van der Waals surface area contributed by atoms with Crippen LogP contribution in [-0.4, -0.2) is 39.3 Å². The van der Waals surface area contributed by atoms with Gasteiger partial charge in [-0.25, -0.2) is 0 Å². The quantitative estimate of drug-likeness (QED) is 0.273. The third-order valence-corrected chi connectivity index (χ3v) is 4.24. The lowest BCUT2D eigenvalue weighted by Gasteiger charge is -2.19. The van der Waals surface area contributed by atoms with E-state index >= 15 is 0 Å². The summed E-state index contributed by atoms with van der Waals surface area (Å²) in [4.78, 5) is 4.29. The van der Waals surface area contributed by atoms with Crippen molar-refractivity contribution in [2.75, 3.05) is 33.4 Å². The summed E-state index contributed by atoms with van der Waals surface area (Å²) < 4.78 is 5.55. The van der Waals surface area contributed by atoms with E-state index in [4.69, 9.17) is 4.74 Å². The molecule has 23 heavy (non-hydrogen) atoms. The Kier molecular flexibility index (Phi) is 9.55. The summed E-state index contributed by atoms with van der Waals surface area (Å²) >= 11 is 0. The maximum atomic E-state index is 5.55. The second kappa shape index (κ2) is 10.9.